The van der Waals surface area contributed by atoms with Crippen molar-refractivity contribution in [2.75, 3.05) is 18.4 Å². The van der Waals surface area contributed by atoms with E-state index in [0.717, 1.165) is 14.7 Å². The third kappa shape index (κ3) is 3.98. The van der Waals surface area contributed by atoms with E-state index in [4.69, 9.17) is 0 Å². The molecule has 0 radical (unpaired) electrons. The maximum Gasteiger partial charge on any atom is 0.252 e. The van der Waals surface area contributed by atoms with Gasteiger partial charge in [-0.2, -0.15) is 4.31 Å². The highest BCUT2D eigenvalue weighted by molar-refractivity contribution is 9.11. The number of sulfonamides is 1. The zero-order valence-electron chi connectivity index (χ0n) is 14.8. The lowest BCUT2D eigenvalue weighted by molar-refractivity contribution is -0.120. The quantitative estimate of drug-likeness (QED) is 0.610. The van der Waals surface area contributed by atoms with Gasteiger partial charge >= 0.3 is 0 Å². The number of pyridine rings is 1. The van der Waals surface area contributed by atoms with Gasteiger partial charge in [0.1, 0.15) is 4.21 Å². The predicted octanol–water partition coefficient (Wildman–Crippen LogP) is 4.10. The van der Waals surface area contributed by atoms with Crippen molar-refractivity contribution in [3.8, 4) is 0 Å². The van der Waals surface area contributed by atoms with Gasteiger partial charge < -0.3 is 5.32 Å². The highest BCUT2D eigenvalue weighted by Crippen LogP contribution is 2.31. The lowest BCUT2D eigenvalue weighted by Crippen LogP contribution is -2.43. The van der Waals surface area contributed by atoms with Crippen LogP contribution in [0.15, 0.2) is 56.7 Å². The fraction of sp³-hybridized carbons (Fsp3) is 0.263. The Kier molecular flexibility index (Phi) is 5.50. The van der Waals surface area contributed by atoms with Gasteiger partial charge in [0.2, 0.25) is 5.91 Å². The van der Waals surface area contributed by atoms with E-state index in [-0.39, 0.29) is 18.4 Å². The number of nitrogens with one attached hydrogen (secondary N) is 1. The van der Waals surface area contributed by atoms with Crippen LogP contribution >= 0.6 is 27.3 Å². The van der Waals surface area contributed by atoms with Crippen molar-refractivity contribution in [3.05, 3.63) is 52.4 Å². The second-order valence-corrected chi connectivity index (χ2v) is 11.3. The summed E-state index contributed by atoms with van der Waals surface area (Å²) in [6, 6.07) is 12.6. The number of thiophene rings is 1. The van der Waals surface area contributed by atoms with Gasteiger partial charge in [-0.1, -0.05) is 6.07 Å². The van der Waals surface area contributed by atoms with Crippen LogP contribution < -0.4 is 5.32 Å². The van der Waals surface area contributed by atoms with Crippen LogP contribution in [0.1, 0.15) is 12.8 Å². The van der Waals surface area contributed by atoms with Crippen molar-refractivity contribution in [2.45, 2.75) is 17.1 Å². The normalized spacial score (nSPS) is 18.2. The molecule has 146 valence electrons. The van der Waals surface area contributed by atoms with Crippen LogP contribution in [0.3, 0.4) is 0 Å². The zero-order valence-corrected chi connectivity index (χ0v) is 18.1. The Morgan fingerprint density at radius 2 is 2.11 bits per heavy atom. The smallest absolute Gasteiger partial charge is 0.252 e. The Bertz CT molecular complexity index is 1130. The average molecular weight is 480 g/mol. The maximum absolute atomic E-state index is 12.9. The number of benzene rings is 1. The minimum Gasteiger partial charge on any atom is -0.326 e. The van der Waals surface area contributed by atoms with E-state index in [9.17, 15) is 13.2 Å². The molecule has 9 heteroatoms. The topological polar surface area (TPSA) is 79.4 Å². The number of nitrogens with zero attached hydrogens (tertiary/aromatic N) is 2. The summed E-state index contributed by atoms with van der Waals surface area (Å²) in [6.07, 6.45) is 3.05. The maximum atomic E-state index is 12.9. The molecule has 1 aliphatic heterocycles. The first kappa shape index (κ1) is 19.5. The number of carbonyl (C=O) groups is 1. The van der Waals surface area contributed by atoms with Gasteiger partial charge in [-0.25, -0.2) is 8.42 Å². The Labute approximate surface area is 175 Å². The standard InChI is InChI=1S/C19H18BrN3O3S2/c20-17-7-8-18(27-17)28(25,26)23-10-2-4-14(12-23)19(24)22-15-5-6-16-13(11-15)3-1-9-21-16/h1,3,5-9,11,14H,2,4,10,12H2,(H,22,24). The van der Waals surface area contributed by atoms with Crippen molar-refractivity contribution in [3.63, 3.8) is 0 Å². The van der Waals surface area contributed by atoms with E-state index in [2.05, 4.69) is 26.2 Å². The fourth-order valence-electron chi connectivity index (χ4n) is 3.34. The lowest BCUT2D eigenvalue weighted by Gasteiger charge is -2.30. The number of aromatic nitrogens is 1. The number of rotatable bonds is 4. The van der Waals surface area contributed by atoms with Gasteiger partial charge in [0, 0.05) is 30.4 Å². The number of hydrogen-bond donors (Lipinski definition) is 1. The van der Waals surface area contributed by atoms with Crippen molar-refractivity contribution in [1.29, 1.82) is 0 Å². The summed E-state index contributed by atoms with van der Waals surface area (Å²) in [5, 5.41) is 3.87. The number of halogens is 1. The fourth-order valence-corrected chi connectivity index (χ4v) is 7.02. The van der Waals surface area contributed by atoms with Gasteiger partial charge in [-0.3, -0.25) is 9.78 Å². The lowest BCUT2D eigenvalue weighted by atomic mass is 9.98. The third-order valence-electron chi connectivity index (χ3n) is 4.77. The van der Waals surface area contributed by atoms with Gasteiger partial charge in [-0.15, -0.1) is 11.3 Å². The summed E-state index contributed by atoms with van der Waals surface area (Å²) < 4.78 is 28.2. The second-order valence-electron chi connectivity index (χ2n) is 6.66. The third-order valence-corrected chi connectivity index (χ3v) is 8.72. The van der Waals surface area contributed by atoms with Gasteiger partial charge in [-0.05, 0) is 65.2 Å². The molecule has 3 heterocycles. The summed E-state index contributed by atoms with van der Waals surface area (Å²) in [5.41, 5.74) is 1.55. The first-order valence-electron chi connectivity index (χ1n) is 8.84. The van der Waals surface area contributed by atoms with Crippen LogP contribution in [-0.4, -0.2) is 36.7 Å². The van der Waals surface area contributed by atoms with E-state index in [0.29, 0.717) is 29.3 Å². The van der Waals surface area contributed by atoms with Gasteiger partial charge in [0.15, 0.2) is 0 Å². The van der Waals surface area contributed by atoms with Crippen molar-refractivity contribution in [2.24, 2.45) is 5.92 Å². The SMILES string of the molecule is O=C(Nc1ccc2ncccc2c1)C1CCCN(S(=O)(=O)c2ccc(Br)s2)C1. The molecule has 4 rings (SSSR count). The van der Waals surface area contributed by atoms with E-state index in [1.54, 1.807) is 18.3 Å². The summed E-state index contributed by atoms with van der Waals surface area (Å²) in [6.45, 7) is 0.627. The summed E-state index contributed by atoms with van der Waals surface area (Å²) in [4.78, 5) is 17.0. The molecule has 1 fully saturated rings. The minimum atomic E-state index is -3.58. The molecule has 0 saturated carbocycles. The predicted molar refractivity (Wildman–Crippen MR) is 114 cm³/mol. The van der Waals surface area contributed by atoms with Crippen LogP contribution in [0.25, 0.3) is 10.9 Å². The highest BCUT2D eigenvalue weighted by Gasteiger charge is 2.34. The molecule has 1 saturated heterocycles. The van der Waals surface area contributed by atoms with Crippen LogP contribution in [0, 0.1) is 5.92 Å². The molecule has 28 heavy (non-hydrogen) atoms. The average Bonchev–Trinajstić information content (AvgIpc) is 3.15. The van der Waals surface area contributed by atoms with Crippen LogP contribution in [0.2, 0.25) is 0 Å². The Hall–Kier alpha value is -1.81. The number of piperidine rings is 1. The van der Waals surface area contributed by atoms with E-state index >= 15 is 0 Å². The Balaban J connectivity index is 1.48. The molecular formula is C19H18BrN3O3S2. The molecule has 1 aromatic carbocycles. The molecule has 1 N–H and O–H groups in total. The number of fused-ring (bicyclic) bond motifs is 1. The molecular weight excluding hydrogens is 462 g/mol. The van der Waals surface area contributed by atoms with Crippen molar-refractivity contribution >= 4 is 59.8 Å². The molecule has 1 amide bonds. The van der Waals surface area contributed by atoms with E-state index in [1.165, 1.54) is 15.6 Å². The Morgan fingerprint density at radius 1 is 1.25 bits per heavy atom. The van der Waals surface area contributed by atoms with E-state index in [1.807, 2.05) is 30.3 Å². The molecule has 1 unspecified atom stereocenters. The monoisotopic (exact) mass is 479 g/mol. The highest BCUT2D eigenvalue weighted by atomic mass is 79.9. The minimum absolute atomic E-state index is 0.157. The molecule has 1 atom stereocenters. The van der Waals surface area contributed by atoms with Gasteiger partial charge in [0.05, 0.1) is 15.2 Å². The first-order chi connectivity index (χ1) is 13.4. The molecule has 0 aliphatic carbocycles. The molecule has 6 nitrogen and oxygen atoms in total. The van der Waals surface area contributed by atoms with Crippen molar-refractivity contribution in [1.82, 2.24) is 9.29 Å². The summed E-state index contributed by atoms with van der Waals surface area (Å²) in [5.74, 6) is -0.535. The molecule has 2 aromatic heterocycles. The van der Waals surface area contributed by atoms with Crippen LogP contribution in [0.5, 0.6) is 0 Å². The number of amides is 1. The summed E-state index contributed by atoms with van der Waals surface area (Å²) >= 11 is 4.49. The molecule has 0 spiro atoms. The largest absolute Gasteiger partial charge is 0.326 e. The number of anilines is 1. The second kappa shape index (κ2) is 7.90. The number of carbonyl (C=O) groups excluding carboxylic acids is 1. The van der Waals surface area contributed by atoms with Gasteiger partial charge in [0.25, 0.3) is 10.0 Å². The summed E-state index contributed by atoms with van der Waals surface area (Å²) in [7, 11) is -3.58. The molecule has 3 aromatic rings. The molecule has 1 aliphatic rings. The zero-order chi connectivity index (χ0) is 19.7. The first-order valence-corrected chi connectivity index (χ1v) is 11.9. The number of hydrogen-bond acceptors (Lipinski definition) is 5. The van der Waals surface area contributed by atoms with E-state index < -0.39 is 10.0 Å². The van der Waals surface area contributed by atoms with Crippen molar-refractivity contribution < 1.29 is 13.2 Å². The van der Waals surface area contributed by atoms with Crippen LogP contribution in [-0.2, 0) is 14.8 Å². The molecule has 0 bridgehead atoms. The van der Waals surface area contributed by atoms with Crippen LogP contribution in [0.4, 0.5) is 5.69 Å². The Morgan fingerprint density at radius 3 is 2.89 bits per heavy atom.